The summed E-state index contributed by atoms with van der Waals surface area (Å²) in [6, 6.07) is 9.92. The molecule has 0 spiro atoms. The zero-order valence-corrected chi connectivity index (χ0v) is 11.9. The van der Waals surface area contributed by atoms with Gasteiger partial charge in [0.25, 0.3) is 0 Å². The third kappa shape index (κ3) is 3.22. The molecule has 19 heavy (non-hydrogen) atoms. The molecule has 0 aliphatic heterocycles. The summed E-state index contributed by atoms with van der Waals surface area (Å²) in [6.45, 7) is 0.440. The van der Waals surface area contributed by atoms with Crippen LogP contribution in [0.5, 0.6) is 5.75 Å². The van der Waals surface area contributed by atoms with E-state index >= 15 is 0 Å². The molecule has 4 nitrogen and oxygen atoms in total. The Morgan fingerprint density at radius 1 is 1.05 bits per heavy atom. The second-order valence-corrected chi connectivity index (χ2v) is 4.81. The highest BCUT2D eigenvalue weighted by Gasteiger charge is 2.09. The molecule has 0 aliphatic rings. The minimum absolute atomic E-state index is 0.440. The SMILES string of the molecule is CN(C)c1ccc(OCc2ccco2)c(N(C)C)c1. The van der Waals surface area contributed by atoms with Gasteiger partial charge >= 0.3 is 0 Å². The van der Waals surface area contributed by atoms with Gasteiger partial charge in [0.15, 0.2) is 0 Å². The van der Waals surface area contributed by atoms with Crippen LogP contribution in [-0.2, 0) is 6.61 Å². The average Bonchev–Trinajstić information content (AvgIpc) is 2.89. The lowest BCUT2D eigenvalue weighted by Crippen LogP contribution is -2.13. The van der Waals surface area contributed by atoms with Gasteiger partial charge in [-0.3, -0.25) is 0 Å². The molecule has 1 aromatic carbocycles. The molecule has 0 aliphatic carbocycles. The van der Waals surface area contributed by atoms with Crippen molar-refractivity contribution in [3.05, 3.63) is 42.4 Å². The van der Waals surface area contributed by atoms with Crippen molar-refractivity contribution in [1.82, 2.24) is 0 Å². The van der Waals surface area contributed by atoms with E-state index in [1.807, 2.05) is 57.4 Å². The Bertz CT molecular complexity index is 519. The Hall–Kier alpha value is -2.10. The highest BCUT2D eigenvalue weighted by atomic mass is 16.5. The van der Waals surface area contributed by atoms with Crippen molar-refractivity contribution < 1.29 is 9.15 Å². The molecule has 0 N–H and O–H groups in total. The lowest BCUT2D eigenvalue weighted by Gasteiger charge is -2.21. The number of ether oxygens (including phenoxy) is 1. The molecule has 2 rings (SSSR count). The van der Waals surface area contributed by atoms with E-state index in [4.69, 9.17) is 9.15 Å². The van der Waals surface area contributed by atoms with Crippen molar-refractivity contribution in [3.8, 4) is 5.75 Å². The van der Waals surface area contributed by atoms with Crippen molar-refractivity contribution in [2.24, 2.45) is 0 Å². The van der Waals surface area contributed by atoms with Gasteiger partial charge in [0, 0.05) is 33.9 Å². The minimum Gasteiger partial charge on any atom is -0.483 e. The Labute approximate surface area is 114 Å². The molecule has 0 fully saturated rings. The van der Waals surface area contributed by atoms with Gasteiger partial charge in [-0.1, -0.05) is 0 Å². The number of hydrogen-bond acceptors (Lipinski definition) is 4. The van der Waals surface area contributed by atoms with Crippen LogP contribution in [0, 0.1) is 0 Å². The van der Waals surface area contributed by atoms with Crippen LogP contribution in [0.1, 0.15) is 5.76 Å². The fourth-order valence-electron chi connectivity index (χ4n) is 1.80. The maximum Gasteiger partial charge on any atom is 0.146 e. The lowest BCUT2D eigenvalue weighted by molar-refractivity contribution is 0.271. The Kier molecular flexibility index (Phi) is 4.00. The summed E-state index contributed by atoms with van der Waals surface area (Å²) in [7, 11) is 8.07. The molecule has 1 heterocycles. The van der Waals surface area contributed by atoms with Crippen LogP contribution in [0.2, 0.25) is 0 Å². The van der Waals surface area contributed by atoms with Gasteiger partial charge in [-0.15, -0.1) is 0 Å². The molecule has 0 bridgehead atoms. The normalized spacial score (nSPS) is 10.3. The van der Waals surface area contributed by atoms with Gasteiger partial charge in [0.1, 0.15) is 18.1 Å². The quantitative estimate of drug-likeness (QED) is 0.826. The highest BCUT2D eigenvalue weighted by Crippen LogP contribution is 2.31. The van der Waals surface area contributed by atoms with Gasteiger partial charge in [-0.05, 0) is 30.3 Å². The second-order valence-electron chi connectivity index (χ2n) is 4.81. The van der Waals surface area contributed by atoms with Crippen LogP contribution in [0.3, 0.4) is 0 Å². The Balaban J connectivity index is 2.19. The Morgan fingerprint density at radius 3 is 2.42 bits per heavy atom. The first-order valence-corrected chi connectivity index (χ1v) is 6.22. The number of benzene rings is 1. The minimum atomic E-state index is 0.440. The number of furan rings is 1. The molecule has 0 saturated carbocycles. The first-order chi connectivity index (χ1) is 9.08. The fourth-order valence-corrected chi connectivity index (χ4v) is 1.80. The third-order valence-corrected chi connectivity index (χ3v) is 2.89. The van der Waals surface area contributed by atoms with Crippen LogP contribution in [-0.4, -0.2) is 28.2 Å². The van der Waals surface area contributed by atoms with Gasteiger partial charge < -0.3 is 19.0 Å². The molecule has 0 saturated heterocycles. The standard InChI is InChI=1S/C15H20N2O2/c1-16(2)12-7-8-15(14(10-12)17(3)4)19-11-13-6-5-9-18-13/h5-10H,11H2,1-4H3. The van der Waals surface area contributed by atoms with E-state index in [1.54, 1.807) is 6.26 Å². The molecule has 0 atom stereocenters. The van der Waals surface area contributed by atoms with Gasteiger partial charge in [-0.2, -0.15) is 0 Å². The van der Waals surface area contributed by atoms with E-state index in [9.17, 15) is 0 Å². The van der Waals surface area contributed by atoms with E-state index in [0.717, 1.165) is 22.9 Å². The van der Waals surface area contributed by atoms with Crippen molar-refractivity contribution >= 4 is 11.4 Å². The van der Waals surface area contributed by atoms with Crippen molar-refractivity contribution in [3.63, 3.8) is 0 Å². The van der Waals surface area contributed by atoms with Crippen LogP contribution in [0.15, 0.2) is 41.0 Å². The number of hydrogen-bond donors (Lipinski definition) is 0. The fraction of sp³-hybridized carbons (Fsp3) is 0.333. The highest BCUT2D eigenvalue weighted by molar-refractivity contribution is 5.66. The van der Waals surface area contributed by atoms with Crippen LogP contribution in [0.4, 0.5) is 11.4 Å². The number of nitrogens with zero attached hydrogens (tertiary/aromatic N) is 2. The van der Waals surface area contributed by atoms with Crippen LogP contribution >= 0.6 is 0 Å². The van der Waals surface area contributed by atoms with Crippen LogP contribution in [0.25, 0.3) is 0 Å². The van der Waals surface area contributed by atoms with Gasteiger partial charge in [0.05, 0.1) is 12.0 Å². The zero-order valence-electron chi connectivity index (χ0n) is 11.9. The molecule has 2 aromatic rings. The molecular weight excluding hydrogens is 240 g/mol. The second kappa shape index (κ2) is 5.69. The molecule has 0 radical (unpaired) electrons. The lowest BCUT2D eigenvalue weighted by atomic mass is 10.2. The summed E-state index contributed by atoms with van der Waals surface area (Å²) in [6.07, 6.45) is 1.65. The first-order valence-electron chi connectivity index (χ1n) is 6.22. The molecule has 1 aromatic heterocycles. The summed E-state index contributed by atoms with van der Waals surface area (Å²) in [5.41, 5.74) is 2.20. The zero-order chi connectivity index (χ0) is 13.8. The van der Waals surface area contributed by atoms with E-state index < -0.39 is 0 Å². The Morgan fingerprint density at radius 2 is 1.84 bits per heavy atom. The molecule has 102 valence electrons. The molecule has 0 unspecified atom stereocenters. The first kappa shape index (κ1) is 13.3. The van der Waals surface area contributed by atoms with Crippen molar-refractivity contribution in [2.75, 3.05) is 38.0 Å². The third-order valence-electron chi connectivity index (χ3n) is 2.89. The summed E-state index contributed by atoms with van der Waals surface area (Å²) in [4.78, 5) is 4.12. The monoisotopic (exact) mass is 260 g/mol. The van der Waals surface area contributed by atoms with Crippen molar-refractivity contribution in [2.45, 2.75) is 6.61 Å². The van der Waals surface area contributed by atoms with E-state index in [2.05, 4.69) is 11.0 Å². The van der Waals surface area contributed by atoms with E-state index in [1.165, 1.54) is 0 Å². The summed E-state index contributed by atoms with van der Waals surface area (Å²) < 4.78 is 11.1. The predicted octanol–water partition coefficient (Wildman–Crippen LogP) is 2.99. The van der Waals surface area contributed by atoms with Gasteiger partial charge in [-0.25, -0.2) is 0 Å². The largest absolute Gasteiger partial charge is 0.483 e. The summed E-state index contributed by atoms with van der Waals surface area (Å²) in [5, 5.41) is 0. The average molecular weight is 260 g/mol. The molecule has 0 amide bonds. The maximum atomic E-state index is 5.82. The molecule has 4 heteroatoms. The predicted molar refractivity (Wildman–Crippen MR) is 78.1 cm³/mol. The van der Waals surface area contributed by atoms with Crippen LogP contribution < -0.4 is 14.5 Å². The van der Waals surface area contributed by atoms with Crippen molar-refractivity contribution in [1.29, 1.82) is 0 Å². The van der Waals surface area contributed by atoms with E-state index in [0.29, 0.717) is 6.61 Å². The maximum absolute atomic E-state index is 5.82. The van der Waals surface area contributed by atoms with E-state index in [-0.39, 0.29) is 0 Å². The number of anilines is 2. The topological polar surface area (TPSA) is 28.9 Å². The summed E-state index contributed by atoms with van der Waals surface area (Å²) >= 11 is 0. The molecular formula is C15H20N2O2. The summed E-state index contributed by atoms with van der Waals surface area (Å²) in [5.74, 6) is 1.67. The van der Waals surface area contributed by atoms with Gasteiger partial charge in [0.2, 0.25) is 0 Å². The smallest absolute Gasteiger partial charge is 0.146 e. The number of rotatable bonds is 5.